The van der Waals surface area contributed by atoms with Crippen molar-refractivity contribution >= 4 is 5.95 Å². The molecule has 1 aromatic heterocycles. The number of rotatable bonds is 7. The molecule has 3 aliphatic rings. The van der Waals surface area contributed by atoms with Crippen LogP contribution in [0.25, 0.3) is 0 Å². The molecule has 4 heterocycles. The van der Waals surface area contributed by atoms with Gasteiger partial charge in [-0.2, -0.15) is 0 Å². The van der Waals surface area contributed by atoms with Crippen molar-refractivity contribution < 1.29 is 9.84 Å². The molecule has 2 aromatic rings. The third-order valence-electron chi connectivity index (χ3n) is 6.95. The number of fused-ring (bicyclic) bond motifs is 4. The second-order valence-corrected chi connectivity index (χ2v) is 8.92. The molecule has 2 bridgehead atoms. The van der Waals surface area contributed by atoms with Gasteiger partial charge in [0.15, 0.2) is 11.5 Å². The lowest BCUT2D eigenvalue weighted by Gasteiger charge is -2.36. The number of benzene rings is 1. The van der Waals surface area contributed by atoms with E-state index in [1.54, 1.807) is 0 Å². The van der Waals surface area contributed by atoms with Crippen LogP contribution in [0, 0.1) is 0 Å². The summed E-state index contributed by atoms with van der Waals surface area (Å²) in [5.74, 6) is 1.72. The van der Waals surface area contributed by atoms with Crippen molar-refractivity contribution in [1.29, 1.82) is 0 Å². The molecule has 3 aliphatic heterocycles. The number of nitrogens with zero attached hydrogens (tertiary/aromatic N) is 4. The molecule has 2 atom stereocenters. The fraction of sp³-hybridized carbons (Fsp3) is 0.520. The first-order valence-electron chi connectivity index (χ1n) is 11.6. The van der Waals surface area contributed by atoms with Gasteiger partial charge >= 0.3 is 0 Å². The minimum atomic E-state index is 0.236. The van der Waals surface area contributed by atoms with Crippen molar-refractivity contribution in [3.8, 4) is 11.5 Å². The highest BCUT2D eigenvalue weighted by Crippen LogP contribution is 2.44. The summed E-state index contributed by atoms with van der Waals surface area (Å²) < 4.78 is 5.71. The highest BCUT2D eigenvalue weighted by Gasteiger charge is 2.41. The van der Waals surface area contributed by atoms with E-state index >= 15 is 0 Å². The zero-order valence-electron chi connectivity index (χ0n) is 18.4. The number of allylic oxidation sites excluding steroid dienone is 1. The van der Waals surface area contributed by atoms with Crippen LogP contribution >= 0.6 is 0 Å². The summed E-state index contributed by atoms with van der Waals surface area (Å²) in [6.07, 6.45) is 10.3. The molecule has 31 heavy (non-hydrogen) atoms. The standard InChI is InChI=1S/C25H32N4O2/c1-3-7-18-12-17(13-23(24(18)30)31-4-2)16-29-19-8-9-22(29)20-15-26-25(27-21(20)14-19)28-10-5-6-11-28/h3,12-13,15,19,22,30H,1,4-11,14,16H2,2H3/t19-,22-/m0/s1. The number of hydrogen-bond acceptors (Lipinski definition) is 6. The maximum atomic E-state index is 10.5. The quantitative estimate of drug-likeness (QED) is 0.679. The highest BCUT2D eigenvalue weighted by molar-refractivity contribution is 5.49. The van der Waals surface area contributed by atoms with Gasteiger partial charge in [0.05, 0.1) is 12.3 Å². The Bertz CT molecular complexity index is 970. The first-order valence-corrected chi connectivity index (χ1v) is 11.6. The minimum absolute atomic E-state index is 0.236. The molecule has 0 radical (unpaired) electrons. The number of anilines is 1. The molecule has 164 valence electrons. The predicted octanol–water partition coefficient (Wildman–Crippen LogP) is 4.17. The van der Waals surface area contributed by atoms with Gasteiger partial charge in [-0.05, 0) is 50.7 Å². The highest BCUT2D eigenvalue weighted by atomic mass is 16.5. The molecule has 1 N–H and O–H groups in total. The lowest BCUT2D eigenvalue weighted by molar-refractivity contribution is 0.166. The first kappa shape index (κ1) is 20.3. The van der Waals surface area contributed by atoms with E-state index in [0.29, 0.717) is 30.9 Å². The molecule has 2 saturated heterocycles. The molecule has 0 saturated carbocycles. The molecule has 0 unspecified atom stereocenters. The van der Waals surface area contributed by atoms with Crippen LogP contribution in [0.5, 0.6) is 11.5 Å². The van der Waals surface area contributed by atoms with Gasteiger partial charge in [-0.25, -0.2) is 9.97 Å². The summed E-state index contributed by atoms with van der Waals surface area (Å²) in [6.45, 7) is 9.30. The van der Waals surface area contributed by atoms with Crippen molar-refractivity contribution in [2.75, 3.05) is 24.6 Å². The van der Waals surface area contributed by atoms with Crippen LogP contribution in [0.1, 0.15) is 61.0 Å². The van der Waals surface area contributed by atoms with Crippen molar-refractivity contribution in [2.45, 2.75) is 64.1 Å². The second-order valence-electron chi connectivity index (χ2n) is 8.92. The van der Waals surface area contributed by atoms with Gasteiger partial charge in [-0.1, -0.05) is 12.1 Å². The number of phenolic OH excluding ortho intramolecular Hbond substituents is 1. The molecule has 0 spiro atoms. The fourth-order valence-electron chi connectivity index (χ4n) is 5.49. The van der Waals surface area contributed by atoms with Gasteiger partial charge in [0.1, 0.15) is 0 Å². The Morgan fingerprint density at radius 1 is 1.26 bits per heavy atom. The fourth-order valence-corrected chi connectivity index (χ4v) is 5.49. The molecule has 0 amide bonds. The first-order chi connectivity index (χ1) is 15.2. The largest absolute Gasteiger partial charge is 0.504 e. The summed E-state index contributed by atoms with van der Waals surface area (Å²) in [4.78, 5) is 14.7. The lowest BCUT2D eigenvalue weighted by atomic mass is 9.97. The Balaban J connectivity index is 1.41. The third-order valence-corrected chi connectivity index (χ3v) is 6.95. The van der Waals surface area contributed by atoms with Crippen LogP contribution in [0.15, 0.2) is 31.0 Å². The zero-order valence-corrected chi connectivity index (χ0v) is 18.4. The van der Waals surface area contributed by atoms with E-state index in [1.807, 2.05) is 19.1 Å². The zero-order chi connectivity index (χ0) is 21.4. The van der Waals surface area contributed by atoms with Crippen molar-refractivity contribution in [2.24, 2.45) is 0 Å². The Labute approximate surface area is 184 Å². The van der Waals surface area contributed by atoms with E-state index < -0.39 is 0 Å². The van der Waals surface area contributed by atoms with E-state index in [0.717, 1.165) is 44.0 Å². The van der Waals surface area contributed by atoms with Gasteiger partial charge in [0, 0.05) is 55.5 Å². The monoisotopic (exact) mass is 420 g/mol. The molecular weight excluding hydrogens is 388 g/mol. The smallest absolute Gasteiger partial charge is 0.225 e. The summed E-state index contributed by atoms with van der Waals surface area (Å²) in [7, 11) is 0. The molecule has 0 aliphatic carbocycles. The van der Waals surface area contributed by atoms with E-state index in [-0.39, 0.29) is 5.75 Å². The van der Waals surface area contributed by atoms with Crippen LogP contribution in [-0.2, 0) is 19.4 Å². The number of ether oxygens (including phenoxy) is 1. The Morgan fingerprint density at radius 2 is 2.10 bits per heavy atom. The molecule has 6 nitrogen and oxygen atoms in total. The number of phenols is 1. The Kier molecular flexibility index (Phi) is 5.57. The van der Waals surface area contributed by atoms with Crippen molar-refractivity contribution in [3.05, 3.63) is 53.4 Å². The SMILES string of the molecule is C=CCc1cc(CN2[C@H]3CC[C@H]2c2cnc(N4CCCC4)nc2C3)cc(OCC)c1O. The van der Waals surface area contributed by atoms with Gasteiger partial charge < -0.3 is 14.7 Å². The van der Waals surface area contributed by atoms with Crippen molar-refractivity contribution in [1.82, 2.24) is 14.9 Å². The van der Waals surface area contributed by atoms with Gasteiger partial charge in [0.2, 0.25) is 5.95 Å². The molecule has 6 heteroatoms. The summed E-state index contributed by atoms with van der Waals surface area (Å²) in [5.41, 5.74) is 4.59. The van der Waals surface area contributed by atoms with Gasteiger partial charge in [-0.3, -0.25) is 4.90 Å². The van der Waals surface area contributed by atoms with Gasteiger partial charge in [-0.15, -0.1) is 6.58 Å². The Hall–Kier alpha value is -2.60. The molecule has 5 rings (SSSR count). The second kappa shape index (κ2) is 8.50. The van der Waals surface area contributed by atoms with Crippen LogP contribution in [0.3, 0.4) is 0 Å². The maximum absolute atomic E-state index is 10.5. The van der Waals surface area contributed by atoms with Crippen LogP contribution in [0.4, 0.5) is 5.95 Å². The lowest BCUT2D eigenvalue weighted by Crippen LogP contribution is -2.38. The average Bonchev–Trinajstić information content (AvgIpc) is 3.39. The molecule has 1 aromatic carbocycles. The summed E-state index contributed by atoms with van der Waals surface area (Å²) >= 11 is 0. The number of hydrogen-bond donors (Lipinski definition) is 1. The van der Waals surface area contributed by atoms with Crippen LogP contribution in [-0.4, -0.2) is 45.7 Å². The van der Waals surface area contributed by atoms with E-state index in [9.17, 15) is 5.11 Å². The van der Waals surface area contributed by atoms with E-state index in [2.05, 4.69) is 28.6 Å². The summed E-state index contributed by atoms with van der Waals surface area (Å²) in [5, 5.41) is 10.5. The minimum Gasteiger partial charge on any atom is -0.504 e. The van der Waals surface area contributed by atoms with Gasteiger partial charge in [0.25, 0.3) is 0 Å². The van der Waals surface area contributed by atoms with Crippen LogP contribution < -0.4 is 9.64 Å². The number of aromatic hydroxyl groups is 1. The average molecular weight is 421 g/mol. The normalized spacial score (nSPS) is 22.5. The van der Waals surface area contributed by atoms with Crippen molar-refractivity contribution in [3.63, 3.8) is 0 Å². The molecule has 2 fully saturated rings. The van der Waals surface area contributed by atoms with E-state index in [1.165, 1.54) is 36.1 Å². The predicted molar refractivity (Wildman–Crippen MR) is 122 cm³/mol. The topological polar surface area (TPSA) is 61.7 Å². The number of aromatic nitrogens is 2. The Morgan fingerprint density at radius 3 is 2.87 bits per heavy atom. The summed E-state index contributed by atoms with van der Waals surface area (Å²) in [6, 6.07) is 4.97. The maximum Gasteiger partial charge on any atom is 0.225 e. The third kappa shape index (κ3) is 3.78. The van der Waals surface area contributed by atoms with E-state index in [4.69, 9.17) is 14.7 Å². The van der Waals surface area contributed by atoms with Crippen LogP contribution in [0.2, 0.25) is 0 Å². The molecular formula is C25H32N4O2.